The van der Waals surface area contributed by atoms with Crippen LogP contribution in [0.5, 0.6) is 0 Å². The van der Waals surface area contributed by atoms with E-state index >= 15 is 0 Å². The van der Waals surface area contributed by atoms with Crippen molar-refractivity contribution in [1.29, 1.82) is 0 Å². The van der Waals surface area contributed by atoms with Crippen LogP contribution in [0.3, 0.4) is 0 Å². The number of hydrogen-bond donors (Lipinski definition) is 1. The highest BCUT2D eigenvalue weighted by Crippen LogP contribution is 2.31. The van der Waals surface area contributed by atoms with Crippen molar-refractivity contribution in [3.63, 3.8) is 0 Å². The highest BCUT2D eigenvalue weighted by atomic mass is 15.3. The summed E-state index contributed by atoms with van der Waals surface area (Å²) in [6.07, 6.45) is 6.64. The van der Waals surface area contributed by atoms with Crippen LogP contribution < -0.4 is 5.73 Å². The predicted octanol–water partition coefficient (Wildman–Crippen LogP) is 1.63. The van der Waals surface area contributed by atoms with E-state index in [2.05, 4.69) is 40.1 Å². The first-order valence-electron chi connectivity index (χ1n) is 8.33. The normalized spacial score (nSPS) is 29.0. The molecule has 2 fully saturated rings. The molecule has 0 aromatic carbocycles. The lowest BCUT2D eigenvalue weighted by Gasteiger charge is -2.46. The second-order valence-corrected chi connectivity index (χ2v) is 6.91. The van der Waals surface area contributed by atoms with Crippen molar-refractivity contribution in [3.8, 4) is 0 Å². The van der Waals surface area contributed by atoms with E-state index < -0.39 is 0 Å². The molecule has 2 aliphatic heterocycles. The number of aromatic nitrogens is 2. The number of imidazole rings is 1. The van der Waals surface area contributed by atoms with Gasteiger partial charge in [-0.2, -0.15) is 0 Å². The molecular formula is C16H29N5. The summed E-state index contributed by atoms with van der Waals surface area (Å²) in [7, 11) is 0. The van der Waals surface area contributed by atoms with Gasteiger partial charge >= 0.3 is 0 Å². The van der Waals surface area contributed by atoms with Gasteiger partial charge in [0, 0.05) is 44.0 Å². The SMILES string of the molecule is CC1CN2CCCC2CN1C(CN)c1cncn1C(C)C. The van der Waals surface area contributed by atoms with Crippen molar-refractivity contribution in [2.24, 2.45) is 5.73 Å². The van der Waals surface area contributed by atoms with Gasteiger partial charge in [-0.3, -0.25) is 9.80 Å². The lowest BCUT2D eigenvalue weighted by molar-refractivity contribution is 0.0271. The number of nitrogens with zero attached hydrogens (tertiary/aromatic N) is 4. The minimum atomic E-state index is 0.285. The van der Waals surface area contributed by atoms with Gasteiger partial charge in [-0.05, 0) is 40.2 Å². The monoisotopic (exact) mass is 291 g/mol. The number of hydrogen-bond acceptors (Lipinski definition) is 4. The van der Waals surface area contributed by atoms with Gasteiger partial charge in [0.2, 0.25) is 0 Å². The Balaban J connectivity index is 1.83. The highest BCUT2D eigenvalue weighted by Gasteiger charge is 2.38. The molecule has 0 saturated carbocycles. The van der Waals surface area contributed by atoms with Crippen molar-refractivity contribution in [3.05, 3.63) is 18.2 Å². The topological polar surface area (TPSA) is 50.3 Å². The largest absolute Gasteiger partial charge is 0.331 e. The zero-order valence-corrected chi connectivity index (χ0v) is 13.6. The Morgan fingerprint density at radius 2 is 2.19 bits per heavy atom. The van der Waals surface area contributed by atoms with E-state index in [0.717, 1.165) is 12.6 Å². The van der Waals surface area contributed by atoms with E-state index in [1.165, 1.54) is 31.6 Å². The maximum atomic E-state index is 6.17. The van der Waals surface area contributed by atoms with Gasteiger partial charge in [0.15, 0.2) is 0 Å². The molecule has 118 valence electrons. The standard InChI is InChI=1S/C16H29N5/c1-12(2)21-11-18-8-16(21)15(7-17)20-10-14-5-4-6-19(14)9-13(20)3/h8,11-15H,4-7,9-10,17H2,1-3H3. The molecule has 2 saturated heterocycles. The molecule has 3 atom stereocenters. The maximum absolute atomic E-state index is 6.17. The molecule has 3 unspecified atom stereocenters. The van der Waals surface area contributed by atoms with Crippen molar-refractivity contribution >= 4 is 0 Å². The Bertz CT molecular complexity index is 469. The van der Waals surface area contributed by atoms with Gasteiger partial charge in [0.1, 0.15) is 0 Å². The molecule has 1 aromatic rings. The average molecular weight is 291 g/mol. The molecule has 5 heteroatoms. The third-order valence-corrected chi connectivity index (χ3v) is 5.20. The third kappa shape index (κ3) is 2.74. The number of nitrogens with two attached hydrogens (primary N) is 1. The van der Waals surface area contributed by atoms with E-state index in [9.17, 15) is 0 Å². The molecule has 5 nitrogen and oxygen atoms in total. The summed E-state index contributed by atoms with van der Waals surface area (Å²) in [6, 6.07) is 2.00. The summed E-state index contributed by atoms with van der Waals surface area (Å²) in [5.74, 6) is 0. The maximum Gasteiger partial charge on any atom is 0.0951 e. The molecule has 0 bridgehead atoms. The molecule has 0 radical (unpaired) electrons. The molecule has 3 rings (SSSR count). The summed E-state index contributed by atoms with van der Waals surface area (Å²) in [5, 5.41) is 0. The van der Waals surface area contributed by atoms with Gasteiger partial charge in [0.25, 0.3) is 0 Å². The zero-order chi connectivity index (χ0) is 15.0. The summed E-state index contributed by atoms with van der Waals surface area (Å²) >= 11 is 0. The van der Waals surface area contributed by atoms with E-state index in [1.54, 1.807) is 0 Å². The zero-order valence-electron chi connectivity index (χ0n) is 13.6. The Morgan fingerprint density at radius 3 is 2.90 bits per heavy atom. The van der Waals surface area contributed by atoms with Gasteiger partial charge < -0.3 is 10.3 Å². The number of rotatable bonds is 4. The van der Waals surface area contributed by atoms with Gasteiger partial charge in [0.05, 0.1) is 18.1 Å². The van der Waals surface area contributed by atoms with Crippen LogP contribution in [0, 0.1) is 0 Å². The Kier molecular flexibility index (Phi) is 4.33. The lowest BCUT2D eigenvalue weighted by Crippen LogP contribution is -2.57. The smallest absolute Gasteiger partial charge is 0.0951 e. The fourth-order valence-corrected chi connectivity index (χ4v) is 4.07. The van der Waals surface area contributed by atoms with Crippen molar-refractivity contribution in [2.45, 2.75) is 57.8 Å². The van der Waals surface area contributed by atoms with Crippen molar-refractivity contribution < 1.29 is 0 Å². The quantitative estimate of drug-likeness (QED) is 0.916. The molecule has 0 aliphatic carbocycles. The van der Waals surface area contributed by atoms with E-state index in [0.29, 0.717) is 18.6 Å². The lowest BCUT2D eigenvalue weighted by atomic mass is 10.0. The third-order valence-electron chi connectivity index (χ3n) is 5.20. The van der Waals surface area contributed by atoms with Crippen molar-refractivity contribution in [1.82, 2.24) is 19.4 Å². The summed E-state index contributed by atoms with van der Waals surface area (Å²) in [6.45, 7) is 11.0. The van der Waals surface area contributed by atoms with E-state index in [1.807, 2.05) is 12.5 Å². The fourth-order valence-electron chi connectivity index (χ4n) is 4.07. The Labute approximate surface area is 128 Å². The van der Waals surface area contributed by atoms with Crippen LogP contribution in [0.25, 0.3) is 0 Å². The van der Waals surface area contributed by atoms with Gasteiger partial charge in [-0.1, -0.05) is 0 Å². The molecule has 3 heterocycles. The molecule has 0 spiro atoms. The number of piperazine rings is 1. The van der Waals surface area contributed by atoms with Crippen LogP contribution in [-0.4, -0.2) is 57.6 Å². The van der Waals surface area contributed by atoms with Crippen LogP contribution in [-0.2, 0) is 0 Å². The minimum Gasteiger partial charge on any atom is -0.331 e. The van der Waals surface area contributed by atoms with Crippen molar-refractivity contribution in [2.75, 3.05) is 26.2 Å². The Morgan fingerprint density at radius 1 is 1.38 bits per heavy atom. The van der Waals surface area contributed by atoms with Crippen LogP contribution in [0.4, 0.5) is 0 Å². The molecule has 2 N–H and O–H groups in total. The first-order valence-corrected chi connectivity index (χ1v) is 8.33. The number of fused-ring (bicyclic) bond motifs is 1. The second kappa shape index (κ2) is 6.07. The molecular weight excluding hydrogens is 262 g/mol. The van der Waals surface area contributed by atoms with Crippen LogP contribution in [0.15, 0.2) is 12.5 Å². The highest BCUT2D eigenvalue weighted by molar-refractivity contribution is 5.10. The van der Waals surface area contributed by atoms with E-state index in [-0.39, 0.29) is 6.04 Å². The molecule has 2 aliphatic rings. The molecule has 0 amide bonds. The first-order chi connectivity index (χ1) is 10.1. The second-order valence-electron chi connectivity index (χ2n) is 6.91. The van der Waals surface area contributed by atoms with Crippen LogP contribution in [0.1, 0.15) is 51.4 Å². The minimum absolute atomic E-state index is 0.285. The average Bonchev–Trinajstić information content (AvgIpc) is 3.08. The summed E-state index contributed by atoms with van der Waals surface area (Å²) in [4.78, 5) is 9.64. The predicted molar refractivity (Wildman–Crippen MR) is 85.2 cm³/mol. The van der Waals surface area contributed by atoms with E-state index in [4.69, 9.17) is 5.73 Å². The first kappa shape index (κ1) is 15.0. The summed E-state index contributed by atoms with van der Waals surface area (Å²) in [5.41, 5.74) is 7.44. The fraction of sp³-hybridized carbons (Fsp3) is 0.812. The molecule has 1 aromatic heterocycles. The van der Waals surface area contributed by atoms with Gasteiger partial charge in [-0.25, -0.2) is 4.98 Å². The van der Waals surface area contributed by atoms with Crippen LogP contribution >= 0.6 is 0 Å². The van der Waals surface area contributed by atoms with Gasteiger partial charge in [-0.15, -0.1) is 0 Å². The summed E-state index contributed by atoms with van der Waals surface area (Å²) < 4.78 is 2.27. The molecule has 21 heavy (non-hydrogen) atoms. The van der Waals surface area contributed by atoms with Crippen LogP contribution in [0.2, 0.25) is 0 Å². The Hall–Kier alpha value is -0.910.